The Balaban J connectivity index is 1.85. The molecule has 0 radical (unpaired) electrons. The summed E-state index contributed by atoms with van der Waals surface area (Å²) in [5.41, 5.74) is 1.23. The van der Waals surface area contributed by atoms with Crippen molar-refractivity contribution in [2.45, 2.75) is 51.2 Å². The molecule has 22 heavy (non-hydrogen) atoms. The summed E-state index contributed by atoms with van der Waals surface area (Å²) in [4.78, 5) is 14.0. The minimum absolute atomic E-state index is 0.0608. The van der Waals surface area contributed by atoms with Gasteiger partial charge in [0.25, 0.3) is 0 Å². The Kier molecular flexibility index (Phi) is 5.83. The van der Waals surface area contributed by atoms with E-state index >= 15 is 0 Å². The number of aliphatic hydroxyl groups excluding tert-OH is 1. The quantitative estimate of drug-likeness (QED) is 0.878. The standard InChI is InChI=1S/C18H28N2O2/c1-13(15-8-5-4-6-9-15)14(2)19-18(22)20(3)12-16-10-7-11-17(16)21/h4-6,8-9,13-14,16-17,21H,7,10-12H2,1-3H3,(H,19,22). The molecule has 4 unspecified atom stereocenters. The molecule has 1 aromatic carbocycles. The van der Waals surface area contributed by atoms with Gasteiger partial charge >= 0.3 is 6.03 Å². The van der Waals surface area contributed by atoms with E-state index in [1.165, 1.54) is 5.56 Å². The van der Waals surface area contributed by atoms with Crippen LogP contribution in [-0.2, 0) is 0 Å². The van der Waals surface area contributed by atoms with Gasteiger partial charge in [-0.1, -0.05) is 43.7 Å². The number of urea groups is 1. The fourth-order valence-corrected chi connectivity index (χ4v) is 3.14. The van der Waals surface area contributed by atoms with Crippen LogP contribution in [0.1, 0.15) is 44.6 Å². The minimum Gasteiger partial charge on any atom is -0.393 e. The summed E-state index contributed by atoms with van der Waals surface area (Å²) in [6.07, 6.45) is 2.68. The first-order valence-corrected chi connectivity index (χ1v) is 8.23. The van der Waals surface area contributed by atoms with Crippen molar-refractivity contribution in [1.82, 2.24) is 10.2 Å². The van der Waals surface area contributed by atoms with Gasteiger partial charge in [-0.3, -0.25) is 0 Å². The number of nitrogens with one attached hydrogen (secondary N) is 1. The zero-order valence-electron chi connectivity index (χ0n) is 13.8. The number of nitrogens with zero attached hydrogens (tertiary/aromatic N) is 1. The Morgan fingerprint density at radius 3 is 2.59 bits per heavy atom. The summed E-state index contributed by atoms with van der Waals surface area (Å²) in [7, 11) is 1.81. The van der Waals surface area contributed by atoms with E-state index in [0.29, 0.717) is 6.54 Å². The molecule has 1 aromatic rings. The molecule has 0 saturated heterocycles. The number of carbonyl (C=O) groups excluding carboxylic acids is 1. The number of rotatable bonds is 5. The molecular formula is C18H28N2O2. The zero-order chi connectivity index (χ0) is 16.1. The van der Waals surface area contributed by atoms with Crippen molar-refractivity contribution in [2.75, 3.05) is 13.6 Å². The van der Waals surface area contributed by atoms with Gasteiger partial charge in [-0.25, -0.2) is 4.79 Å². The number of hydrogen-bond acceptors (Lipinski definition) is 2. The van der Waals surface area contributed by atoms with Crippen molar-refractivity contribution < 1.29 is 9.90 Å². The summed E-state index contributed by atoms with van der Waals surface area (Å²) < 4.78 is 0. The van der Waals surface area contributed by atoms with E-state index in [9.17, 15) is 9.90 Å². The van der Waals surface area contributed by atoms with Gasteiger partial charge in [-0.2, -0.15) is 0 Å². The summed E-state index contributed by atoms with van der Waals surface area (Å²) >= 11 is 0. The molecule has 2 amide bonds. The number of amides is 2. The maximum atomic E-state index is 12.3. The second kappa shape index (κ2) is 7.63. The van der Waals surface area contributed by atoms with Crippen LogP contribution >= 0.6 is 0 Å². The van der Waals surface area contributed by atoms with Gasteiger partial charge in [0.15, 0.2) is 0 Å². The lowest BCUT2D eigenvalue weighted by atomic mass is 9.94. The number of hydrogen-bond donors (Lipinski definition) is 2. The molecule has 1 aliphatic carbocycles. The average molecular weight is 304 g/mol. The summed E-state index contributed by atoms with van der Waals surface area (Å²) in [5, 5.41) is 13.0. The van der Waals surface area contributed by atoms with Crippen LogP contribution in [0.2, 0.25) is 0 Å². The molecule has 0 aliphatic heterocycles. The monoisotopic (exact) mass is 304 g/mol. The van der Waals surface area contributed by atoms with Crippen LogP contribution in [-0.4, -0.2) is 41.8 Å². The molecule has 0 bridgehead atoms. The Morgan fingerprint density at radius 1 is 1.32 bits per heavy atom. The fourth-order valence-electron chi connectivity index (χ4n) is 3.14. The van der Waals surface area contributed by atoms with Gasteiger partial charge in [0, 0.05) is 31.5 Å². The normalized spacial score (nSPS) is 23.8. The third-order valence-electron chi connectivity index (χ3n) is 4.90. The third-order valence-corrected chi connectivity index (χ3v) is 4.90. The van der Waals surface area contributed by atoms with E-state index in [1.54, 1.807) is 11.9 Å². The lowest BCUT2D eigenvalue weighted by Crippen LogP contribution is -2.45. The average Bonchev–Trinajstić information content (AvgIpc) is 2.92. The van der Waals surface area contributed by atoms with Gasteiger partial charge in [0.05, 0.1) is 6.10 Å². The minimum atomic E-state index is -0.254. The van der Waals surface area contributed by atoms with Gasteiger partial charge in [0.1, 0.15) is 0 Å². The summed E-state index contributed by atoms with van der Waals surface area (Å²) in [6.45, 7) is 4.79. The molecule has 2 N–H and O–H groups in total. The second-order valence-corrected chi connectivity index (χ2v) is 6.58. The van der Waals surface area contributed by atoms with Crippen molar-refractivity contribution in [1.29, 1.82) is 0 Å². The molecule has 0 heterocycles. The Labute approximate surface area is 133 Å². The fraction of sp³-hybridized carbons (Fsp3) is 0.611. The molecule has 4 nitrogen and oxygen atoms in total. The number of aliphatic hydroxyl groups is 1. The van der Waals surface area contributed by atoms with Crippen molar-refractivity contribution in [3.8, 4) is 0 Å². The Hall–Kier alpha value is -1.55. The predicted molar refractivity (Wildman–Crippen MR) is 88.8 cm³/mol. The smallest absolute Gasteiger partial charge is 0.317 e. The molecular weight excluding hydrogens is 276 g/mol. The highest BCUT2D eigenvalue weighted by atomic mass is 16.3. The first-order chi connectivity index (χ1) is 10.5. The molecule has 0 aromatic heterocycles. The molecule has 2 rings (SSSR count). The lowest BCUT2D eigenvalue weighted by Gasteiger charge is -2.27. The molecule has 122 valence electrons. The van der Waals surface area contributed by atoms with E-state index in [0.717, 1.165) is 19.3 Å². The zero-order valence-corrected chi connectivity index (χ0v) is 13.8. The van der Waals surface area contributed by atoms with E-state index < -0.39 is 0 Å². The van der Waals surface area contributed by atoms with Crippen LogP contribution in [0, 0.1) is 5.92 Å². The highest BCUT2D eigenvalue weighted by molar-refractivity contribution is 5.74. The van der Waals surface area contributed by atoms with Crippen LogP contribution in [0.15, 0.2) is 30.3 Å². The van der Waals surface area contributed by atoms with Crippen LogP contribution < -0.4 is 5.32 Å². The molecule has 4 atom stereocenters. The van der Waals surface area contributed by atoms with Crippen LogP contribution in [0.4, 0.5) is 4.79 Å². The summed E-state index contributed by atoms with van der Waals surface area (Å²) in [5.74, 6) is 0.480. The largest absolute Gasteiger partial charge is 0.393 e. The SMILES string of the molecule is CC(NC(=O)N(C)CC1CCCC1O)C(C)c1ccccc1. The predicted octanol–water partition coefficient (Wildman–Crippen LogP) is 2.98. The van der Waals surface area contributed by atoms with Crippen molar-refractivity contribution in [3.05, 3.63) is 35.9 Å². The Morgan fingerprint density at radius 2 is 2.00 bits per heavy atom. The highest BCUT2D eigenvalue weighted by Gasteiger charge is 2.28. The molecule has 1 saturated carbocycles. The first-order valence-electron chi connectivity index (χ1n) is 8.23. The second-order valence-electron chi connectivity index (χ2n) is 6.58. The van der Waals surface area contributed by atoms with Gasteiger partial charge in [0.2, 0.25) is 0 Å². The van der Waals surface area contributed by atoms with Crippen molar-refractivity contribution in [3.63, 3.8) is 0 Å². The van der Waals surface area contributed by atoms with E-state index in [-0.39, 0.29) is 30.0 Å². The highest BCUT2D eigenvalue weighted by Crippen LogP contribution is 2.26. The maximum absolute atomic E-state index is 12.3. The van der Waals surface area contributed by atoms with Crippen LogP contribution in [0.5, 0.6) is 0 Å². The van der Waals surface area contributed by atoms with E-state index in [1.807, 2.05) is 25.1 Å². The molecule has 1 aliphatic rings. The van der Waals surface area contributed by atoms with Crippen molar-refractivity contribution >= 4 is 6.03 Å². The van der Waals surface area contributed by atoms with Gasteiger partial charge < -0.3 is 15.3 Å². The lowest BCUT2D eigenvalue weighted by molar-refractivity contribution is 0.113. The summed E-state index contributed by atoms with van der Waals surface area (Å²) in [6, 6.07) is 10.2. The van der Waals surface area contributed by atoms with Crippen LogP contribution in [0.3, 0.4) is 0 Å². The van der Waals surface area contributed by atoms with Crippen LogP contribution in [0.25, 0.3) is 0 Å². The van der Waals surface area contributed by atoms with Gasteiger partial charge in [-0.05, 0) is 25.3 Å². The molecule has 0 spiro atoms. The first kappa shape index (κ1) is 16.8. The third kappa shape index (κ3) is 4.23. The Bertz CT molecular complexity index is 477. The maximum Gasteiger partial charge on any atom is 0.317 e. The topological polar surface area (TPSA) is 52.6 Å². The molecule has 1 fully saturated rings. The number of benzene rings is 1. The number of carbonyl (C=O) groups is 1. The van der Waals surface area contributed by atoms with Gasteiger partial charge in [-0.15, -0.1) is 0 Å². The molecule has 4 heteroatoms. The van der Waals surface area contributed by atoms with Crippen molar-refractivity contribution in [2.24, 2.45) is 5.92 Å². The van der Waals surface area contributed by atoms with E-state index in [4.69, 9.17) is 0 Å². The van der Waals surface area contributed by atoms with E-state index in [2.05, 4.69) is 24.4 Å².